The van der Waals surface area contributed by atoms with Gasteiger partial charge in [0.05, 0.1) is 15.5 Å². The van der Waals surface area contributed by atoms with Crippen LogP contribution in [0, 0.1) is 0 Å². The van der Waals surface area contributed by atoms with Crippen LogP contribution in [-0.2, 0) is 16.6 Å². The minimum Gasteiger partial charge on any atom is -0.328 e. The van der Waals surface area contributed by atoms with E-state index >= 15 is 0 Å². The van der Waals surface area contributed by atoms with Gasteiger partial charge in [-0.2, -0.15) is 9.30 Å². The van der Waals surface area contributed by atoms with Crippen LogP contribution in [0.3, 0.4) is 0 Å². The molecule has 0 N–H and O–H groups in total. The lowest BCUT2D eigenvalue weighted by atomic mass is 10.2. The maximum atomic E-state index is 12.9. The number of hydrogen-bond donors (Lipinski definition) is 0. The van der Waals surface area contributed by atoms with E-state index in [1.807, 2.05) is 47.2 Å². The maximum absolute atomic E-state index is 12.9. The fourth-order valence-electron chi connectivity index (χ4n) is 2.92. The predicted octanol–water partition coefficient (Wildman–Crippen LogP) is 3.96. The van der Waals surface area contributed by atoms with E-state index in [1.165, 1.54) is 29.6 Å². The summed E-state index contributed by atoms with van der Waals surface area (Å²) in [6.45, 7) is 4.08. The monoisotopic (exact) mass is 457 g/mol. The van der Waals surface area contributed by atoms with Crippen molar-refractivity contribution >= 4 is 27.5 Å². The van der Waals surface area contributed by atoms with Crippen LogP contribution in [0.25, 0.3) is 0 Å². The van der Waals surface area contributed by atoms with Crippen molar-refractivity contribution in [1.29, 1.82) is 0 Å². The summed E-state index contributed by atoms with van der Waals surface area (Å²) in [4.78, 5) is 17.2. The Balaban J connectivity index is 2.01. The minimum absolute atomic E-state index is 0.00289. The SMILES string of the molecule is CC(C)N(C)S(=O)(=O)c1ccc(Cl)c(C(=O)N=c2ccccn2Cc2ccccc2)c1. The van der Waals surface area contributed by atoms with E-state index in [-0.39, 0.29) is 21.5 Å². The van der Waals surface area contributed by atoms with Gasteiger partial charge in [0, 0.05) is 25.8 Å². The Hall–Kier alpha value is -2.74. The van der Waals surface area contributed by atoms with Gasteiger partial charge in [-0.1, -0.05) is 48.0 Å². The third-order valence-electron chi connectivity index (χ3n) is 4.90. The second-order valence-corrected chi connectivity index (χ2v) is 9.75. The Labute approximate surface area is 187 Å². The van der Waals surface area contributed by atoms with E-state index in [0.717, 1.165) is 5.56 Å². The molecule has 0 saturated heterocycles. The van der Waals surface area contributed by atoms with E-state index in [0.29, 0.717) is 12.0 Å². The van der Waals surface area contributed by atoms with Crippen molar-refractivity contribution in [3.8, 4) is 0 Å². The summed E-state index contributed by atoms with van der Waals surface area (Å²) in [6, 6.07) is 19.0. The second-order valence-electron chi connectivity index (χ2n) is 7.35. The Kier molecular flexibility index (Phi) is 7.10. The maximum Gasteiger partial charge on any atom is 0.280 e. The Morgan fingerprint density at radius 2 is 1.74 bits per heavy atom. The molecule has 0 atom stereocenters. The largest absolute Gasteiger partial charge is 0.328 e. The Morgan fingerprint density at radius 1 is 1.06 bits per heavy atom. The third kappa shape index (κ3) is 5.31. The molecule has 0 aliphatic heterocycles. The van der Waals surface area contributed by atoms with Crippen LogP contribution in [-0.4, -0.2) is 36.3 Å². The topological polar surface area (TPSA) is 71.7 Å². The molecule has 2 aromatic carbocycles. The van der Waals surface area contributed by atoms with Crippen LogP contribution in [0.4, 0.5) is 0 Å². The van der Waals surface area contributed by atoms with Crippen LogP contribution in [0.2, 0.25) is 5.02 Å². The van der Waals surface area contributed by atoms with Gasteiger partial charge < -0.3 is 4.57 Å². The standard InChI is InChI=1S/C23H24ClN3O3S/c1-17(2)26(3)31(29,30)19-12-13-21(24)20(15-19)23(28)25-22-11-7-8-14-27(22)16-18-9-5-4-6-10-18/h4-15,17H,16H2,1-3H3. The summed E-state index contributed by atoms with van der Waals surface area (Å²) in [5.74, 6) is -0.609. The van der Waals surface area contributed by atoms with Gasteiger partial charge in [0.15, 0.2) is 0 Å². The summed E-state index contributed by atoms with van der Waals surface area (Å²) in [7, 11) is -2.26. The van der Waals surface area contributed by atoms with Crippen molar-refractivity contribution in [2.75, 3.05) is 7.05 Å². The summed E-state index contributed by atoms with van der Waals surface area (Å²) < 4.78 is 28.7. The molecule has 0 bridgehead atoms. The van der Waals surface area contributed by atoms with Gasteiger partial charge in [-0.05, 0) is 49.7 Å². The Morgan fingerprint density at radius 3 is 2.42 bits per heavy atom. The molecule has 0 unspecified atom stereocenters. The molecule has 0 aliphatic carbocycles. The minimum atomic E-state index is -3.76. The average Bonchev–Trinajstić information content (AvgIpc) is 2.75. The number of sulfonamides is 1. The lowest BCUT2D eigenvalue weighted by Crippen LogP contribution is -2.33. The lowest BCUT2D eigenvalue weighted by molar-refractivity contribution is 0.0997. The molecule has 1 heterocycles. The van der Waals surface area contributed by atoms with Crippen LogP contribution < -0.4 is 5.49 Å². The van der Waals surface area contributed by atoms with E-state index in [4.69, 9.17) is 11.6 Å². The highest BCUT2D eigenvalue weighted by molar-refractivity contribution is 7.89. The van der Waals surface area contributed by atoms with E-state index in [9.17, 15) is 13.2 Å². The van der Waals surface area contributed by atoms with Crippen molar-refractivity contribution in [2.45, 2.75) is 31.3 Å². The number of halogens is 1. The van der Waals surface area contributed by atoms with Gasteiger partial charge in [0.1, 0.15) is 5.49 Å². The molecule has 0 aliphatic rings. The molecule has 8 heteroatoms. The molecule has 0 saturated carbocycles. The molecular formula is C23H24ClN3O3S. The van der Waals surface area contributed by atoms with Crippen molar-refractivity contribution in [3.05, 3.63) is 94.6 Å². The first kappa shape index (κ1) is 22.9. The first-order valence-electron chi connectivity index (χ1n) is 9.76. The number of amides is 1. The highest BCUT2D eigenvalue weighted by Crippen LogP contribution is 2.24. The molecule has 3 rings (SSSR count). The number of hydrogen-bond acceptors (Lipinski definition) is 3. The van der Waals surface area contributed by atoms with Gasteiger partial charge in [0.2, 0.25) is 10.0 Å². The van der Waals surface area contributed by atoms with Crippen LogP contribution in [0.15, 0.2) is 82.8 Å². The first-order chi connectivity index (χ1) is 14.7. The van der Waals surface area contributed by atoms with Crippen molar-refractivity contribution in [1.82, 2.24) is 8.87 Å². The molecule has 0 fully saturated rings. The highest BCUT2D eigenvalue weighted by Gasteiger charge is 2.25. The summed E-state index contributed by atoms with van der Waals surface area (Å²) in [5.41, 5.74) is 1.54. The number of pyridine rings is 1. The smallest absolute Gasteiger partial charge is 0.280 e. The van der Waals surface area contributed by atoms with E-state index in [1.54, 1.807) is 26.0 Å². The summed E-state index contributed by atoms with van der Waals surface area (Å²) in [5, 5.41) is 0.144. The zero-order valence-electron chi connectivity index (χ0n) is 17.6. The van der Waals surface area contributed by atoms with Crippen molar-refractivity contribution in [2.24, 2.45) is 4.99 Å². The third-order valence-corrected chi connectivity index (χ3v) is 7.26. The van der Waals surface area contributed by atoms with Crippen LogP contribution in [0.1, 0.15) is 29.8 Å². The normalized spacial score (nSPS) is 12.5. The quantitative estimate of drug-likeness (QED) is 0.562. The zero-order chi connectivity index (χ0) is 22.6. The number of nitrogens with zero attached hydrogens (tertiary/aromatic N) is 3. The molecular weight excluding hydrogens is 434 g/mol. The van der Waals surface area contributed by atoms with Crippen LogP contribution >= 0.6 is 11.6 Å². The van der Waals surface area contributed by atoms with Crippen molar-refractivity contribution in [3.63, 3.8) is 0 Å². The molecule has 6 nitrogen and oxygen atoms in total. The molecule has 0 spiro atoms. The number of carbonyl (C=O) groups is 1. The van der Waals surface area contributed by atoms with Gasteiger partial charge in [-0.15, -0.1) is 0 Å². The van der Waals surface area contributed by atoms with Gasteiger partial charge in [0.25, 0.3) is 5.91 Å². The highest BCUT2D eigenvalue weighted by atomic mass is 35.5. The summed E-state index contributed by atoms with van der Waals surface area (Å²) in [6.07, 6.45) is 1.83. The average molecular weight is 458 g/mol. The van der Waals surface area contributed by atoms with Gasteiger partial charge in [-0.3, -0.25) is 4.79 Å². The van der Waals surface area contributed by atoms with Crippen LogP contribution in [0.5, 0.6) is 0 Å². The first-order valence-corrected chi connectivity index (χ1v) is 11.6. The van der Waals surface area contributed by atoms with Gasteiger partial charge >= 0.3 is 0 Å². The molecule has 31 heavy (non-hydrogen) atoms. The number of rotatable bonds is 6. The molecule has 3 aromatic rings. The number of benzene rings is 2. The predicted molar refractivity (Wildman–Crippen MR) is 121 cm³/mol. The fraction of sp³-hybridized carbons (Fsp3) is 0.217. The Bertz CT molecular complexity index is 1250. The molecule has 162 valence electrons. The second kappa shape index (κ2) is 9.60. The van der Waals surface area contributed by atoms with Gasteiger partial charge in [-0.25, -0.2) is 8.42 Å². The van der Waals surface area contributed by atoms with Crippen molar-refractivity contribution < 1.29 is 13.2 Å². The number of carbonyl (C=O) groups excluding carboxylic acids is 1. The summed E-state index contributed by atoms with van der Waals surface area (Å²) >= 11 is 6.22. The number of aromatic nitrogens is 1. The molecule has 1 aromatic heterocycles. The molecule has 1 amide bonds. The van der Waals surface area contributed by atoms with E-state index in [2.05, 4.69) is 4.99 Å². The zero-order valence-corrected chi connectivity index (χ0v) is 19.1. The van der Waals surface area contributed by atoms with E-state index < -0.39 is 15.9 Å². The fourth-order valence-corrected chi connectivity index (χ4v) is 4.51. The molecule has 0 radical (unpaired) electrons. The lowest BCUT2D eigenvalue weighted by Gasteiger charge is -2.21.